The third-order valence-electron chi connectivity index (χ3n) is 5.69. The molecule has 3 amide bonds. The minimum absolute atomic E-state index is 0.264. The number of fused-ring (bicyclic) bond motifs is 1. The van der Waals surface area contributed by atoms with Crippen LogP contribution in [0.2, 0.25) is 10.0 Å². The molecule has 3 aromatic carbocycles. The van der Waals surface area contributed by atoms with E-state index in [0.717, 1.165) is 38.7 Å². The Morgan fingerprint density at radius 1 is 0.972 bits per heavy atom. The van der Waals surface area contributed by atoms with Crippen molar-refractivity contribution in [3.8, 4) is 0 Å². The van der Waals surface area contributed by atoms with E-state index < -0.39 is 17.1 Å². The summed E-state index contributed by atoms with van der Waals surface area (Å²) in [6.45, 7) is 0.152. The van der Waals surface area contributed by atoms with Crippen LogP contribution in [0.5, 0.6) is 0 Å². The number of nitrogens with zero attached hydrogens (tertiary/aromatic N) is 2. The van der Waals surface area contributed by atoms with Crippen molar-refractivity contribution < 1.29 is 14.4 Å². The van der Waals surface area contributed by atoms with Gasteiger partial charge >= 0.3 is 0 Å². The van der Waals surface area contributed by atoms with Gasteiger partial charge in [-0.25, -0.2) is 0 Å². The van der Waals surface area contributed by atoms with Gasteiger partial charge in [0, 0.05) is 44.9 Å². The molecule has 0 aliphatic carbocycles. The largest absolute Gasteiger partial charge is 0.342 e. The Balaban J connectivity index is 1.39. The molecular weight excluding hydrogens is 517 g/mol. The van der Waals surface area contributed by atoms with E-state index in [1.54, 1.807) is 42.5 Å². The third kappa shape index (κ3) is 5.04. The van der Waals surface area contributed by atoms with Crippen molar-refractivity contribution in [3.63, 3.8) is 0 Å². The molecule has 1 N–H and O–H groups in total. The normalized spacial score (nSPS) is 14.7. The highest BCUT2D eigenvalue weighted by molar-refractivity contribution is 8.18. The summed E-state index contributed by atoms with van der Waals surface area (Å²) in [5.74, 6) is -0.938. The lowest BCUT2D eigenvalue weighted by molar-refractivity contribution is -0.127. The number of rotatable bonds is 6. The van der Waals surface area contributed by atoms with Crippen LogP contribution in [-0.4, -0.2) is 33.1 Å². The van der Waals surface area contributed by atoms with Gasteiger partial charge in [-0.05, 0) is 53.7 Å². The van der Waals surface area contributed by atoms with Crippen molar-refractivity contribution in [1.82, 2.24) is 9.47 Å². The molecule has 1 fully saturated rings. The fourth-order valence-electron chi connectivity index (χ4n) is 4.00. The Morgan fingerprint density at radius 2 is 1.72 bits per heavy atom. The zero-order chi connectivity index (χ0) is 25.2. The fourth-order valence-corrected chi connectivity index (χ4v) is 5.30. The molecule has 0 saturated carbocycles. The van der Waals surface area contributed by atoms with Crippen molar-refractivity contribution in [2.45, 2.75) is 6.54 Å². The maximum Gasteiger partial charge on any atom is 0.294 e. The summed E-state index contributed by atoms with van der Waals surface area (Å²) in [5, 5.41) is 4.27. The molecule has 2 heterocycles. The van der Waals surface area contributed by atoms with Crippen molar-refractivity contribution in [2.24, 2.45) is 0 Å². The average Bonchev–Trinajstić information content (AvgIpc) is 3.33. The van der Waals surface area contributed by atoms with Crippen LogP contribution in [0.3, 0.4) is 0 Å². The zero-order valence-electron chi connectivity index (χ0n) is 18.8. The number of amides is 3. The molecule has 0 unspecified atom stereocenters. The van der Waals surface area contributed by atoms with E-state index in [4.69, 9.17) is 23.2 Å². The van der Waals surface area contributed by atoms with E-state index in [9.17, 15) is 14.4 Å². The minimum atomic E-state index is -0.495. The summed E-state index contributed by atoms with van der Waals surface area (Å²) in [6, 6.07) is 22.0. The molecule has 4 aromatic rings. The molecular formula is C27H19Cl2N3O3S. The number of carbonyl (C=O) groups excluding carboxylic acids is 3. The van der Waals surface area contributed by atoms with Crippen LogP contribution in [-0.2, 0) is 16.1 Å². The number of nitrogens with one attached hydrogen (secondary N) is 1. The van der Waals surface area contributed by atoms with Crippen LogP contribution in [0, 0.1) is 0 Å². The van der Waals surface area contributed by atoms with Gasteiger partial charge < -0.3 is 9.88 Å². The number of hydrogen-bond donors (Lipinski definition) is 1. The number of imide groups is 1. The lowest BCUT2D eigenvalue weighted by Gasteiger charge is -2.12. The van der Waals surface area contributed by atoms with Crippen LogP contribution in [0.1, 0.15) is 11.1 Å². The number of halogens is 2. The molecule has 36 heavy (non-hydrogen) atoms. The standard InChI is InChI=1S/C27H19Cl2N3O3S/c28-19-11-10-17(22(29)13-19)14-31-15-18(21-8-4-5-9-23(21)31)12-24-26(34)32(27(35)36-24)16-25(33)30-20-6-2-1-3-7-20/h1-13,15H,14,16H2,(H,30,33)/b24-12+. The van der Waals surface area contributed by atoms with Gasteiger partial charge in [0.05, 0.1) is 4.91 Å². The number of thioether (sulfide) groups is 1. The van der Waals surface area contributed by atoms with E-state index in [1.165, 1.54) is 0 Å². The van der Waals surface area contributed by atoms with Crippen LogP contribution < -0.4 is 5.32 Å². The highest BCUT2D eigenvalue weighted by Crippen LogP contribution is 2.34. The third-order valence-corrected chi connectivity index (χ3v) is 7.19. The first-order valence-electron chi connectivity index (χ1n) is 11.0. The molecule has 1 aliphatic rings. The second-order valence-electron chi connectivity index (χ2n) is 8.15. The average molecular weight is 536 g/mol. The van der Waals surface area contributed by atoms with Crippen LogP contribution in [0.15, 0.2) is 83.9 Å². The van der Waals surface area contributed by atoms with Crippen molar-refractivity contribution in [1.29, 1.82) is 0 Å². The molecule has 1 saturated heterocycles. The predicted molar refractivity (Wildman–Crippen MR) is 145 cm³/mol. The summed E-state index contributed by atoms with van der Waals surface area (Å²) in [7, 11) is 0. The first-order chi connectivity index (χ1) is 17.4. The van der Waals surface area contributed by atoms with E-state index >= 15 is 0 Å². The summed E-state index contributed by atoms with van der Waals surface area (Å²) in [5.41, 5.74) is 3.24. The summed E-state index contributed by atoms with van der Waals surface area (Å²) in [6.07, 6.45) is 3.62. The molecule has 1 aliphatic heterocycles. The van der Waals surface area contributed by atoms with Gasteiger partial charge in [0.2, 0.25) is 5.91 Å². The quantitative estimate of drug-likeness (QED) is 0.280. The smallest absolute Gasteiger partial charge is 0.294 e. The van der Waals surface area contributed by atoms with Gasteiger partial charge in [0.1, 0.15) is 6.54 Å². The summed E-state index contributed by atoms with van der Waals surface area (Å²) >= 11 is 13.2. The molecule has 0 spiro atoms. The first kappa shape index (κ1) is 24.2. The molecule has 0 radical (unpaired) electrons. The lowest BCUT2D eigenvalue weighted by Crippen LogP contribution is -2.36. The monoisotopic (exact) mass is 535 g/mol. The van der Waals surface area contributed by atoms with E-state index in [-0.39, 0.29) is 11.4 Å². The Labute approximate surface area is 221 Å². The highest BCUT2D eigenvalue weighted by Gasteiger charge is 2.36. The number of hydrogen-bond acceptors (Lipinski definition) is 4. The van der Waals surface area contributed by atoms with Gasteiger partial charge in [-0.2, -0.15) is 0 Å². The van der Waals surface area contributed by atoms with E-state index in [2.05, 4.69) is 5.32 Å². The molecule has 9 heteroatoms. The molecule has 6 nitrogen and oxygen atoms in total. The van der Waals surface area contributed by atoms with Crippen LogP contribution in [0.4, 0.5) is 10.5 Å². The van der Waals surface area contributed by atoms with Gasteiger partial charge in [-0.15, -0.1) is 0 Å². The number of aromatic nitrogens is 1. The number of anilines is 1. The molecule has 5 rings (SSSR count). The first-order valence-corrected chi connectivity index (χ1v) is 12.6. The second kappa shape index (κ2) is 10.2. The fraction of sp³-hybridized carbons (Fsp3) is 0.0741. The lowest BCUT2D eigenvalue weighted by atomic mass is 10.1. The summed E-state index contributed by atoms with van der Waals surface area (Å²) < 4.78 is 2.04. The Hall–Kier alpha value is -3.52. The van der Waals surface area contributed by atoms with Crippen LogP contribution >= 0.6 is 35.0 Å². The van der Waals surface area contributed by atoms with Gasteiger partial charge in [-0.1, -0.05) is 65.7 Å². The maximum atomic E-state index is 13.0. The Morgan fingerprint density at radius 3 is 2.50 bits per heavy atom. The van der Waals surface area contributed by atoms with Gasteiger partial charge in [-0.3, -0.25) is 19.3 Å². The second-order valence-corrected chi connectivity index (χ2v) is 9.98. The van der Waals surface area contributed by atoms with Crippen LogP contribution in [0.25, 0.3) is 17.0 Å². The number of benzene rings is 3. The van der Waals surface area contributed by atoms with Crippen molar-refractivity contribution in [2.75, 3.05) is 11.9 Å². The molecule has 180 valence electrons. The maximum absolute atomic E-state index is 13.0. The number of carbonyl (C=O) groups is 3. The SMILES string of the molecule is O=C(CN1C(=O)S/C(=C/c2cn(Cc3ccc(Cl)cc3Cl)c3ccccc23)C1=O)Nc1ccccc1. The molecule has 0 bridgehead atoms. The zero-order valence-corrected chi connectivity index (χ0v) is 21.1. The minimum Gasteiger partial charge on any atom is -0.342 e. The highest BCUT2D eigenvalue weighted by atomic mass is 35.5. The Bertz CT molecular complexity index is 1530. The predicted octanol–water partition coefficient (Wildman–Crippen LogP) is 6.67. The topological polar surface area (TPSA) is 71.4 Å². The Kier molecular flexibility index (Phi) is 6.87. The van der Waals surface area contributed by atoms with E-state index in [1.807, 2.05) is 47.2 Å². The number of para-hydroxylation sites is 2. The van der Waals surface area contributed by atoms with Gasteiger partial charge in [0.25, 0.3) is 11.1 Å². The molecule has 0 atom stereocenters. The van der Waals surface area contributed by atoms with E-state index in [0.29, 0.717) is 22.3 Å². The summed E-state index contributed by atoms with van der Waals surface area (Å²) in [4.78, 5) is 39.2. The van der Waals surface area contributed by atoms with Crippen molar-refractivity contribution in [3.05, 3.63) is 105 Å². The molecule has 1 aromatic heterocycles. The van der Waals surface area contributed by atoms with Crippen molar-refractivity contribution >= 4 is 74.7 Å². The van der Waals surface area contributed by atoms with Gasteiger partial charge in [0.15, 0.2) is 0 Å².